The average Bonchev–Trinajstić information content (AvgIpc) is 2.74. The van der Waals surface area contributed by atoms with Gasteiger partial charge in [0.1, 0.15) is 10.8 Å². The number of halogens is 1. The molecule has 0 amide bonds. The molecule has 0 bridgehead atoms. The van der Waals surface area contributed by atoms with Gasteiger partial charge in [0.2, 0.25) is 0 Å². The van der Waals surface area contributed by atoms with Gasteiger partial charge in [-0.25, -0.2) is 9.97 Å². The number of pyridine rings is 1. The maximum Gasteiger partial charge on any atom is 0.140 e. The number of anilines is 1. The molecule has 15 heavy (non-hydrogen) atoms. The number of nitrogens with one attached hydrogen (secondary N) is 1. The number of aromatic nitrogens is 2. The molecule has 0 aromatic carbocycles. The zero-order valence-corrected chi connectivity index (χ0v) is 10.5. The molecule has 1 unspecified atom stereocenters. The molecule has 3 nitrogen and oxygen atoms in total. The summed E-state index contributed by atoms with van der Waals surface area (Å²) < 4.78 is 0.966. The van der Waals surface area contributed by atoms with E-state index in [4.69, 9.17) is 0 Å². The fraction of sp³-hybridized carbons (Fsp3) is 0.200. The minimum absolute atomic E-state index is 0.177. The Balaban J connectivity index is 2.13. The number of nitrogens with zero attached hydrogens (tertiary/aromatic N) is 2. The molecule has 2 aromatic heterocycles. The summed E-state index contributed by atoms with van der Waals surface area (Å²) in [6.07, 6.45) is 3.58. The van der Waals surface area contributed by atoms with Gasteiger partial charge in [-0.15, -0.1) is 11.3 Å². The van der Waals surface area contributed by atoms with E-state index in [1.54, 1.807) is 17.5 Å². The Hall–Kier alpha value is -0.940. The first-order valence-electron chi connectivity index (χ1n) is 4.54. The van der Waals surface area contributed by atoms with Crippen LogP contribution in [0.2, 0.25) is 0 Å². The Morgan fingerprint density at radius 1 is 1.40 bits per heavy atom. The SMILES string of the molecule is CC(Nc1ncccc1Br)c1nccs1. The van der Waals surface area contributed by atoms with Gasteiger partial charge in [-0.3, -0.25) is 0 Å². The molecule has 0 saturated heterocycles. The Morgan fingerprint density at radius 2 is 2.27 bits per heavy atom. The average molecular weight is 284 g/mol. The molecule has 5 heteroatoms. The molecule has 0 aliphatic heterocycles. The van der Waals surface area contributed by atoms with Gasteiger partial charge in [0.05, 0.1) is 10.5 Å². The smallest absolute Gasteiger partial charge is 0.140 e. The van der Waals surface area contributed by atoms with E-state index in [0.717, 1.165) is 15.3 Å². The maximum absolute atomic E-state index is 4.25. The molecule has 2 rings (SSSR count). The molecular formula is C10H10BrN3S. The minimum Gasteiger partial charge on any atom is -0.360 e. The third-order valence-corrected chi connectivity index (χ3v) is 3.53. The Kier molecular flexibility index (Phi) is 3.33. The van der Waals surface area contributed by atoms with E-state index >= 15 is 0 Å². The summed E-state index contributed by atoms with van der Waals surface area (Å²) in [6, 6.07) is 4.03. The molecule has 0 spiro atoms. The van der Waals surface area contributed by atoms with Gasteiger partial charge < -0.3 is 5.32 Å². The van der Waals surface area contributed by atoms with Crippen molar-refractivity contribution in [1.82, 2.24) is 9.97 Å². The van der Waals surface area contributed by atoms with E-state index in [-0.39, 0.29) is 6.04 Å². The van der Waals surface area contributed by atoms with E-state index in [0.29, 0.717) is 0 Å². The van der Waals surface area contributed by atoms with Crippen LogP contribution in [0.5, 0.6) is 0 Å². The van der Waals surface area contributed by atoms with Gasteiger partial charge in [-0.2, -0.15) is 0 Å². The van der Waals surface area contributed by atoms with Gasteiger partial charge >= 0.3 is 0 Å². The van der Waals surface area contributed by atoms with E-state index < -0.39 is 0 Å². The monoisotopic (exact) mass is 283 g/mol. The number of thiazole rings is 1. The van der Waals surface area contributed by atoms with Crippen LogP contribution < -0.4 is 5.32 Å². The van der Waals surface area contributed by atoms with Crippen LogP contribution in [0.4, 0.5) is 5.82 Å². The van der Waals surface area contributed by atoms with Crippen molar-refractivity contribution in [2.24, 2.45) is 0 Å². The van der Waals surface area contributed by atoms with E-state index in [9.17, 15) is 0 Å². The lowest BCUT2D eigenvalue weighted by Gasteiger charge is -2.12. The van der Waals surface area contributed by atoms with Crippen LogP contribution in [0.15, 0.2) is 34.4 Å². The largest absolute Gasteiger partial charge is 0.360 e. The minimum atomic E-state index is 0.177. The maximum atomic E-state index is 4.25. The van der Waals surface area contributed by atoms with E-state index in [2.05, 4.69) is 38.1 Å². The highest BCUT2D eigenvalue weighted by Crippen LogP contribution is 2.24. The summed E-state index contributed by atoms with van der Waals surface area (Å²) >= 11 is 5.09. The normalized spacial score (nSPS) is 12.4. The Morgan fingerprint density at radius 3 is 2.93 bits per heavy atom. The van der Waals surface area contributed by atoms with Crippen LogP contribution in [0.25, 0.3) is 0 Å². The van der Waals surface area contributed by atoms with E-state index in [1.807, 2.05) is 23.7 Å². The van der Waals surface area contributed by atoms with Crippen molar-refractivity contribution in [2.45, 2.75) is 13.0 Å². The summed E-state index contributed by atoms with van der Waals surface area (Å²) in [6.45, 7) is 2.07. The standard InChI is InChI=1S/C10H10BrN3S/c1-7(10-13-5-6-15-10)14-9-8(11)3-2-4-12-9/h2-7H,1H3,(H,12,14). The molecule has 1 atom stereocenters. The van der Waals surface area contributed by atoms with Crippen molar-refractivity contribution >= 4 is 33.1 Å². The molecular weight excluding hydrogens is 274 g/mol. The molecule has 0 aliphatic carbocycles. The molecule has 2 heterocycles. The van der Waals surface area contributed by atoms with E-state index in [1.165, 1.54) is 0 Å². The Bertz CT molecular complexity index is 430. The van der Waals surface area contributed by atoms with Crippen LogP contribution >= 0.6 is 27.3 Å². The van der Waals surface area contributed by atoms with Crippen molar-refractivity contribution in [3.05, 3.63) is 39.4 Å². The fourth-order valence-electron chi connectivity index (χ4n) is 1.21. The number of hydrogen-bond donors (Lipinski definition) is 1. The highest BCUT2D eigenvalue weighted by molar-refractivity contribution is 9.10. The van der Waals surface area contributed by atoms with Crippen molar-refractivity contribution in [2.75, 3.05) is 5.32 Å². The third kappa shape index (κ3) is 2.54. The van der Waals surface area contributed by atoms with Crippen LogP contribution in [-0.4, -0.2) is 9.97 Å². The van der Waals surface area contributed by atoms with Crippen molar-refractivity contribution < 1.29 is 0 Å². The van der Waals surface area contributed by atoms with Gasteiger partial charge in [0, 0.05) is 17.8 Å². The van der Waals surface area contributed by atoms with Crippen molar-refractivity contribution in [3.8, 4) is 0 Å². The van der Waals surface area contributed by atoms with Crippen LogP contribution in [-0.2, 0) is 0 Å². The lowest BCUT2D eigenvalue weighted by Crippen LogP contribution is -2.07. The summed E-state index contributed by atoms with van der Waals surface area (Å²) in [5.74, 6) is 0.847. The van der Waals surface area contributed by atoms with Crippen LogP contribution in [0.3, 0.4) is 0 Å². The summed E-state index contributed by atoms with van der Waals surface area (Å²) in [7, 11) is 0. The van der Waals surface area contributed by atoms with Gasteiger partial charge in [0.15, 0.2) is 0 Å². The first kappa shape index (κ1) is 10.6. The lowest BCUT2D eigenvalue weighted by molar-refractivity contribution is 0.859. The van der Waals surface area contributed by atoms with Crippen LogP contribution in [0, 0.1) is 0 Å². The molecule has 78 valence electrons. The summed E-state index contributed by atoms with van der Waals surface area (Å²) in [4.78, 5) is 8.50. The fourth-order valence-corrected chi connectivity index (χ4v) is 2.22. The molecule has 2 aromatic rings. The zero-order chi connectivity index (χ0) is 10.7. The van der Waals surface area contributed by atoms with Gasteiger partial charge in [-0.1, -0.05) is 0 Å². The van der Waals surface area contributed by atoms with Crippen molar-refractivity contribution in [1.29, 1.82) is 0 Å². The van der Waals surface area contributed by atoms with Gasteiger partial charge in [0.25, 0.3) is 0 Å². The van der Waals surface area contributed by atoms with Gasteiger partial charge in [-0.05, 0) is 35.0 Å². The number of rotatable bonds is 3. The number of hydrogen-bond acceptors (Lipinski definition) is 4. The quantitative estimate of drug-likeness (QED) is 0.937. The summed E-state index contributed by atoms with van der Waals surface area (Å²) in [5.41, 5.74) is 0. The third-order valence-electron chi connectivity index (χ3n) is 1.93. The first-order chi connectivity index (χ1) is 7.27. The highest BCUT2D eigenvalue weighted by atomic mass is 79.9. The Labute approximate surface area is 101 Å². The first-order valence-corrected chi connectivity index (χ1v) is 6.21. The van der Waals surface area contributed by atoms with Crippen LogP contribution in [0.1, 0.15) is 18.0 Å². The predicted molar refractivity (Wildman–Crippen MR) is 66.1 cm³/mol. The summed E-state index contributed by atoms with van der Waals surface area (Å²) in [5, 5.41) is 6.34. The second kappa shape index (κ2) is 4.72. The van der Waals surface area contributed by atoms with Crippen molar-refractivity contribution in [3.63, 3.8) is 0 Å². The zero-order valence-electron chi connectivity index (χ0n) is 8.14. The highest BCUT2D eigenvalue weighted by Gasteiger charge is 2.09. The second-order valence-corrected chi connectivity index (χ2v) is 4.85. The molecule has 0 radical (unpaired) electrons. The lowest BCUT2D eigenvalue weighted by atomic mass is 10.3. The molecule has 0 aliphatic rings. The predicted octanol–water partition coefficient (Wildman–Crippen LogP) is 3.47. The molecule has 0 fully saturated rings. The topological polar surface area (TPSA) is 37.8 Å². The molecule has 0 saturated carbocycles. The second-order valence-electron chi connectivity index (χ2n) is 3.07. The molecule has 1 N–H and O–H groups in total.